The van der Waals surface area contributed by atoms with Crippen LogP contribution in [0.3, 0.4) is 0 Å². The highest BCUT2D eigenvalue weighted by Crippen LogP contribution is 2.29. The number of nitrogens with zero attached hydrogens (tertiary/aromatic N) is 1. The molecule has 0 spiro atoms. The van der Waals surface area contributed by atoms with Crippen LogP contribution < -0.4 is 10.6 Å². The number of hydrogen-bond donors (Lipinski definition) is 2. The van der Waals surface area contributed by atoms with Crippen molar-refractivity contribution in [2.45, 2.75) is 17.7 Å². The molecule has 110 valence electrons. The first-order valence-electron chi connectivity index (χ1n) is 6.93. The van der Waals surface area contributed by atoms with Gasteiger partial charge in [0.25, 0.3) is 0 Å². The van der Waals surface area contributed by atoms with E-state index < -0.39 is 0 Å². The molecule has 1 fully saturated rings. The molecular weight excluding hydrogens is 270 g/mol. The smallest absolute Gasteiger partial charge is 0.126 e. The Morgan fingerprint density at radius 3 is 2.95 bits per heavy atom. The quantitative estimate of drug-likeness (QED) is 0.497. The predicted molar refractivity (Wildman–Crippen MR) is 86.1 cm³/mol. The first-order chi connectivity index (χ1) is 9.63. The molecule has 1 unspecified atom stereocenters. The third-order valence-corrected chi connectivity index (χ3v) is 4.47. The van der Waals surface area contributed by atoms with Gasteiger partial charge in [0.05, 0.1) is 12.2 Å². The maximum Gasteiger partial charge on any atom is 0.126 e. The molecule has 5 heteroatoms. The minimum absolute atomic E-state index is 0.136. The largest absolute Gasteiger partial charge is 0.384 e. The molecule has 1 atom stereocenters. The number of amidine groups is 1. The molecule has 0 bridgehead atoms. The Morgan fingerprint density at radius 1 is 1.55 bits per heavy atom. The lowest BCUT2D eigenvalue weighted by atomic mass is 10.0. The third-order valence-electron chi connectivity index (χ3n) is 3.69. The van der Waals surface area contributed by atoms with Crippen LogP contribution in [0.4, 0.5) is 5.69 Å². The fourth-order valence-electron chi connectivity index (χ4n) is 2.72. The van der Waals surface area contributed by atoms with E-state index in [-0.39, 0.29) is 5.84 Å². The van der Waals surface area contributed by atoms with E-state index in [9.17, 15) is 0 Å². The zero-order valence-corrected chi connectivity index (χ0v) is 13.0. The Kier molecular flexibility index (Phi) is 5.31. The summed E-state index contributed by atoms with van der Waals surface area (Å²) in [6, 6.07) is 6.09. The van der Waals surface area contributed by atoms with E-state index in [0.29, 0.717) is 5.92 Å². The number of benzene rings is 1. The van der Waals surface area contributed by atoms with E-state index in [1.54, 1.807) is 11.8 Å². The summed E-state index contributed by atoms with van der Waals surface area (Å²) < 4.78 is 5.54. The van der Waals surface area contributed by atoms with Crippen molar-refractivity contribution in [1.29, 1.82) is 5.41 Å². The van der Waals surface area contributed by atoms with Gasteiger partial charge in [0.2, 0.25) is 0 Å². The van der Waals surface area contributed by atoms with E-state index in [1.165, 1.54) is 6.42 Å². The molecule has 1 aliphatic rings. The Hall–Kier alpha value is -1.20. The van der Waals surface area contributed by atoms with Crippen molar-refractivity contribution in [2.75, 3.05) is 38.0 Å². The van der Waals surface area contributed by atoms with Crippen LogP contribution in [0.15, 0.2) is 23.1 Å². The molecule has 1 saturated heterocycles. The number of nitrogens with one attached hydrogen (secondary N) is 1. The molecule has 4 nitrogen and oxygen atoms in total. The van der Waals surface area contributed by atoms with Gasteiger partial charge in [-0.1, -0.05) is 6.07 Å². The Morgan fingerprint density at radius 2 is 2.35 bits per heavy atom. The summed E-state index contributed by atoms with van der Waals surface area (Å²) in [5.41, 5.74) is 7.66. The summed E-state index contributed by atoms with van der Waals surface area (Å²) in [6.45, 7) is 2.67. The average molecular weight is 293 g/mol. The van der Waals surface area contributed by atoms with Crippen molar-refractivity contribution in [3.05, 3.63) is 23.8 Å². The van der Waals surface area contributed by atoms with Crippen LogP contribution in [0, 0.1) is 11.3 Å². The van der Waals surface area contributed by atoms with Gasteiger partial charge in [-0.2, -0.15) is 0 Å². The molecule has 2 rings (SSSR count). The van der Waals surface area contributed by atoms with E-state index in [4.69, 9.17) is 15.9 Å². The Bertz CT molecular complexity index is 472. The zero-order valence-electron chi connectivity index (χ0n) is 12.2. The maximum absolute atomic E-state index is 7.85. The van der Waals surface area contributed by atoms with E-state index in [0.717, 1.165) is 42.3 Å². The van der Waals surface area contributed by atoms with Crippen LogP contribution in [-0.4, -0.2) is 38.9 Å². The van der Waals surface area contributed by atoms with Crippen molar-refractivity contribution >= 4 is 23.3 Å². The van der Waals surface area contributed by atoms with Gasteiger partial charge in [-0.05, 0) is 37.1 Å². The van der Waals surface area contributed by atoms with Gasteiger partial charge >= 0.3 is 0 Å². The second kappa shape index (κ2) is 6.99. The fraction of sp³-hybridized carbons (Fsp3) is 0.533. The van der Waals surface area contributed by atoms with Crippen LogP contribution in [0.2, 0.25) is 0 Å². The van der Waals surface area contributed by atoms with Gasteiger partial charge in [-0.25, -0.2) is 0 Å². The number of thioether (sulfide) groups is 1. The minimum atomic E-state index is 0.136. The highest BCUT2D eigenvalue weighted by molar-refractivity contribution is 7.98. The van der Waals surface area contributed by atoms with Crippen molar-refractivity contribution in [3.8, 4) is 0 Å². The van der Waals surface area contributed by atoms with Gasteiger partial charge in [0, 0.05) is 30.8 Å². The van der Waals surface area contributed by atoms with Gasteiger partial charge in [0.1, 0.15) is 5.84 Å². The number of nitrogen functional groups attached to an aromatic ring is 1. The van der Waals surface area contributed by atoms with Gasteiger partial charge in [-0.15, -0.1) is 11.8 Å². The molecule has 0 radical (unpaired) electrons. The van der Waals surface area contributed by atoms with Crippen LogP contribution in [0.5, 0.6) is 0 Å². The molecule has 0 saturated carbocycles. The number of nitrogens with two attached hydrogens (primary N) is 1. The van der Waals surface area contributed by atoms with Gasteiger partial charge in [-0.3, -0.25) is 5.41 Å². The number of hydrogen-bond acceptors (Lipinski definition) is 4. The van der Waals surface area contributed by atoms with Crippen molar-refractivity contribution in [1.82, 2.24) is 0 Å². The summed E-state index contributed by atoms with van der Waals surface area (Å²) in [7, 11) is 2.07. The normalized spacial score (nSPS) is 18.8. The van der Waals surface area contributed by atoms with Crippen LogP contribution in [0.1, 0.15) is 18.4 Å². The van der Waals surface area contributed by atoms with Crippen LogP contribution >= 0.6 is 11.8 Å². The minimum Gasteiger partial charge on any atom is -0.384 e. The van der Waals surface area contributed by atoms with Crippen LogP contribution in [-0.2, 0) is 4.74 Å². The molecule has 0 aliphatic carbocycles. The predicted octanol–water partition coefficient (Wildman–Crippen LogP) is 2.56. The molecule has 3 N–H and O–H groups in total. The SMILES string of the molecule is CSc1cccc(N(C)CC2CCCOC2)c1C(=N)N. The molecule has 1 heterocycles. The Balaban J connectivity index is 2.19. The number of anilines is 1. The van der Waals surface area contributed by atoms with Crippen LogP contribution in [0.25, 0.3) is 0 Å². The average Bonchev–Trinajstić information content (AvgIpc) is 2.47. The second-order valence-corrected chi connectivity index (χ2v) is 6.08. The second-order valence-electron chi connectivity index (χ2n) is 5.23. The van der Waals surface area contributed by atoms with E-state index in [2.05, 4.69) is 11.9 Å². The number of rotatable bonds is 5. The van der Waals surface area contributed by atoms with Gasteiger partial charge in [0.15, 0.2) is 0 Å². The van der Waals surface area contributed by atoms with E-state index in [1.807, 2.05) is 24.5 Å². The molecule has 1 aliphatic heterocycles. The molecule has 0 aromatic heterocycles. The zero-order chi connectivity index (χ0) is 14.5. The first kappa shape index (κ1) is 15.2. The molecule has 20 heavy (non-hydrogen) atoms. The molecular formula is C15H23N3OS. The summed E-state index contributed by atoms with van der Waals surface area (Å²) in [5, 5.41) is 7.85. The monoisotopic (exact) mass is 293 g/mol. The van der Waals surface area contributed by atoms with Crippen molar-refractivity contribution in [3.63, 3.8) is 0 Å². The topological polar surface area (TPSA) is 62.3 Å². The maximum atomic E-state index is 7.85. The van der Waals surface area contributed by atoms with E-state index >= 15 is 0 Å². The summed E-state index contributed by atoms with van der Waals surface area (Å²) in [4.78, 5) is 3.26. The number of ether oxygens (including phenoxy) is 1. The van der Waals surface area contributed by atoms with Crippen molar-refractivity contribution in [2.24, 2.45) is 11.7 Å². The first-order valence-corrected chi connectivity index (χ1v) is 8.16. The highest BCUT2D eigenvalue weighted by atomic mass is 32.2. The fourth-order valence-corrected chi connectivity index (χ4v) is 3.35. The standard InChI is InChI=1S/C15H23N3OS/c1-18(9-11-5-4-8-19-10-11)12-6-3-7-13(20-2)14(12)15(16)17/h3,6-7,11H,4-5,8-10H2,1-2H3,(H3,16,17). The molecule has 0 amide bonds. The van der Waals surface area contributed by atoms with Gasteiger partial charge < -0.3 is 15.4 Å². The Labute approximate surface area is 125 Å². The molecule has 1 aromatic rings. The summed E-state index contributed by atoms with van der Waals surface area (Å²) in [6.07, 6.45) is 4.37. The molecule has 1 aromatic carbocycles. The highest BCUT2D eigenvalue weighted by Gasteiger charge is 2.19. The van der Waals surface area contributed by atoms with Crippen molar-refractivity contribution < 1.29 is 4.74 Å². The lowest BCUT2D eigenvalue weighted by Gasteiger charge is -2.30. The lowest BCUT2D eigenvalue weighted by molar-refractivity contribution is 0.0576. The third kappa shape index (κ3) is 3.46. The summed E-state index contributed by atoms with van der Waals surface area (Å²) >= 11 is 1.63. The lowest BCUT2D eigenvalue weighted by Crippen LogP contribution is -2.32. The summed E-state index contributed by atoms with van der Waals surface area (Å²) in [5.74, 6) is 0.697.